The fraction of sp³-hybridized carbons (Fsp3) is 0.214. The van der Waals surface area contributed by atoms with Gasteiger partial charge in [0.15, 0.2) is 0 Å². The minimum Gasteiger partial charge on any atom is -0.271 e. The second kappa shape index (κ2) is 6.10. The largest absolute Gasteiger partial charge is 0.271 e. The van der Waals surface area contributed by atoms with Gasteiger partial charge in [-0.3, -0.25) is 9.48 Å². The summed E-state index contributed by atoms with van der Waals surface area (Å²) in [4.78, 5) is 11.7. The Morgan fingerprint density at radius 2 is 2.20 bits per heavy atom. The van der Waals surface area contributed by atoms with Crippen molar-refractivity contribution in [2.75, 3.05) is 0 Å². The van der Waals surface area contributed by atoms with Gasteiger partial charge in [-0.15, -0.1) is 0 Å². The van der Waals surface area contributed by atoms with Gasteiger partial charge in [0.1, 0.15) is 12.4 Å². The van der Waals surface area contributed by atoms with Crippen LogP contribution in [-0.4, -0.2) is 21.9 Å². The summed E-state index contributed by atoms with van der Waals surface area (Å²) >= 11 is 0. The highest BCUT2D eigenvalue weighted by Gasteiger charge is 2.06. The van der Waals surface area contributed by atoms with Crippen molar-refractivity contribution in [1.82, 2.24) is 15.2 Å². The summed E-state index contributed by atoms with van der Waals surface area (Å²) in [5, 5.41) is 7.90. The van der Waals surface area contributed by atoms with Gasteiger partial charge in [-0.25, -0.2) is 9.82 Å². The zero-order valence-corrected chi connectivity index (χ0v) is 11.3. The van der Waals surface area contributed by atoms with Crippen LogP contribution in [0.25, 0.3) is 0 Å². The van der Waals surface area contributed by atoms with Gasteiger partial charge >= 0.3 is 0 Å². The molecule has 6 heteroatoms. The topological polar surface area (TPSA) is 59.3 Å². The van der Waals surface area contributed by atoms with Gasteiger partial charge in [0.2, 0.25) is 0 Å². The van der Waals surface area contributed by atoms with Crippen LogP contribution in [0.15, 0.2) is 35.4 Å². The van der Waals surface area contributed by atoms with Crippen molar-refractivity contribution >= 4 is 12.1 Å². The minimum atomic E-state index is -0.385. The molecule has 0 unspecified atom stereocenters. The van der Waals surface area contributed by atoms with E-state index < -0.39 is 0 Å². The van der Waals surface area contributed by atoms with Crippen molar-refractivity contribution in [2.45, 2.75) is 20.4 Å². The smallest absolute Gasteiger partial charge is 0.261 e. The number of rotatable bonds is 4. The van der Waals surface area contributed by atoms with E-state index in [-0.39, 0.29) is 18.3 Å². The number of aromatic nitrogens is 2. The first kappa shape index (κ1) is 13.9. The molecule has 2 rings (SSSR count). The summed E-state index contributed by atoms with van der Waals surface area (Å²) < 4.78 is 14.9. The van der Waals surface area contributed by atoms with Gasteiger partial charge in [-0.2, -0.15) is 10.2 Å². The highest BCUT2D eigenvalue weighted by atomic mass is 19.1. The average Bonchev–Trinajstić information content (AvgIpc) is 2.70. The van der Waals surface area contributed by atoms with Crippen LogP contribution < -0.4 is 5.43 Å². The molecule has 0 spiro atoms. The molecule has 0 bridgehead atoms. The molecule has 1 aromatic carbocycles. The van der Waals surface area contributed by atoms with E-state index >= 15 is 0 Å². The first-order chi connectivity index (χ1) is 9.56. The first-order valence-electron chi connectivity index (χ1n) is 6.14. The summed E-state index contributed by atoms with van der Waals surface area (Å²) in [6, 6.07) is 8.08. The highest BCUT2D eigenvalue weighted by Crippen LogP contribution is 2.03. The van der Waals surface area contributed by atoms with E-state index in [9.17, 15) is 9.18 Å². The Labute approximate surface area is 116 Å². The quantitative estimate of drug-likeness (QED) is 0.682. The molecule has 0 aliphatic heterocycles. The number of hydrogen-bond donors (Lipinski definition) is 1. The molecule has 1 aromatic heterocycles. The molecule has 20 heavy (non-hydrogen) atoms. The second-order valence-corrected chi connectivity index (χ2v) is 4.40. The van der Waals surface area contributed by atoms with E-state index in [1.54, 1.807) is 22.9 Å². The molecular weight excluding hydrogens is 259 g/mol. The highest BCUT2D eigenvalue weighted by molar-refractivity contribution is 5.82. The van der Waals surface area contributed by atoms with E-state index in [1.807, 2.05) is 19.9 Å². The Kier molecular flexibility index (Phi) is 4.24. The fourth-order valence-corrected chi connectivity index (χ4v) is 1.76. The van der Waals surface area contributed by atoms with Crippen LogP contribution in [0.1, 0.15) is 17.0 Å². The number of halogens is 1. The zero-order chi connectivity index (χ0) is 14.5. The van der Waals surface area contributed by atoms with Crippen molar-refractivity contribution in [3.63, 3.8) is 0 Å². The van der Waals surface area contributed by atoms with Crippen LogP contribution in [-0.2, 0) is 11.3 Å². The van der Waals surface area contributed by atoms with Gasteiger partial charge in [-0.05, 0) is 26.0 Å². The van der Waals surface area contributed by atoms with Crippen molar-refractivity contribution in [1.29, 1.82) is 0 Å². The predicted molar refractivity (Wildman–Crippen MR) is 73.8 cm³/mol. The molecule has 0 radical (unpaired) electrons. The number of aryl methyl sites for hydroxylation is 2. The maximum Gasteiger partial charge on any atom is 0.261 e. The molecule has 5 nitrogen and oxygen atoms in total. The van der Waals surface area contributed by atoms with E-state index in [2.05, 4.69) is 15.6 Å². The number of nitrogens with zero attached hydrogens (tertiary/aromatic N) is 3. The molecule has 1 amide bonds. The molecule has 0 saturated heterocycles. The van der Waals surface area contributed by atoms with E-state index in [1.165, 1.54) is 12.3 Å². The van der Waals surface area contributed by atoms with Crippen LogP contribution >= 0.6 is 0 Å². The van der Waals surface area contributed by atoms with E-state index in [0.29, 0.717) is 5.56 Å². The Balaban J connectivity index is 1.93. The number of carbonyl (C=O) groups is 1. The number of nitrogens with one attached hydrogen (secondary N) is 1. The van der Waals surface area contributed by atoms with Crippen LogP contribution in [0.5, 0.6) is 0 Å². The summed E-state index contributed by atoms with van der Waals surface area (Å²) in [6.45, 7) is 3.81. The van der Waals surface area contributed by atoms with Crippen LogP contribution in [0, 0.1) is 19.7 Å². The van der Waals surface area contributed by atoms with E-state index in [4.69, 9.17) is 0 Å². The molecule has 0 saturated carbocycles. The first-order valence-corrected chi connectivity index (χ1v) is 6.14. The lowest BCUT2D eigenvalue weighted by molar-refractivity contribution is -0.121. The normalized spacial score (nSPS) is 10.9. The van der Waals surface area contributed by atoms with Gasteiger partial charge in [0.05, 0.1) is 11.9 Å². The number of hydrazone groups is 1. The Morgan fingerprint density at radius 3 is 2.85 bits per heavy atom. The SMILES string of the molecule is Cc1cc(C)n(CC(=O)NN=Cc2ccccc2F)n1. The van der Waals surface area contributed by atoms with Crippen LogP contribution in [0.2, 0.25) is 0 Å². The summed E-state index contributed by atoms with van der Waals surface area (Å²) in [6.07, 6.45) is 1.27. The maximum atomic E-state index is 13.3. The lowest BCUT2D eigenvalue weighted by atomic mass is 10.2. The van der Waals surface area contributed by atoms with Crippen LogP contribution in [0.3, 0.4) is 0 Å². The molecule has 104 valence electrons. The van der Waals surface area contributed by atoms with Crippen LogP contribution in [0.4, 0.5) is 4.39 Å². The summed E-state index contributed by atoms with van der Waals surface area (Å²) in [5.74, 6) is -0.701. The third-order valence-electron chi connectivity index (χ3n) is 2.69. The summed E-state index contributed by atoms with van der Waals surface area (Å²) in [5.41, 5.74) is 4.42. The van der Waals surface area contributed by atoms with Crippen molar-refractivity contribution in [3.05, 3.63) is 53.1 Å². The third-order valence-corrected chi connectivity index (χ3v) is 2.69. The van der Waals surface area contributed by atoms with Gasteiger partial charge in [-0.1, -0.05) is 18.2 Å². The fourth-order valence-electron chi connectivity index (χ4n) is 1.76. The number of hydrogen-bond acceptors (Lipinski definition) is 3. The summed E-state index contributed by atoms with van der Waals surface area (Å²) in [7, 11) is 0. The second-order valence-electron chi connectivity index (χ2n) is 4.40. The molecule has 1 N–H and O–H groups in total. The molecule has 0 atom stereocenters. The molecular formula is C14H15FN4O. The zero-order valence-electron chi connectivity index (χ0n) is 11.3. The van der Waals surface area contributed by atoms with Crippen molar-refractivity contribution in [2.24, 2.45) is 5.10 Å². The van der Waals surface area contributed by atoms with Gasteiger partial charge < -0.3 is 0 Å². The molecule has 0 aliphatic rings. The molecule has 2 aromatic rings. The lowest BCUT2D eigenvalue weighted by Gasteiger charge is -2.02. The third kappa shape index (κ3) is 3.50. The number of benzene rings is 1. The molecule has 0 aliphatic carbocycles. The van der Waals surface area contributed by atoms with E-state index in [0.717, 1.165) is 11.4 Å². The van der Waals surface area contributed by atoms with Gasteiger partial charge in [0.25, 0.3) is 5.91 Å². The minimum absolute atomic E-state index is 0.0777. The van der Waals surface area contributed by atoms with Crippen molar-refractivity contribution in [3.8, 4) is 0 Å². The monoisotopic (exact) mass is 274 g/mol. The number of amides is 1. The lowest BCUT2D eigenvalue weighted by Crippen LogP contribution is -2.24. The van der Waals surface area contributed by atoms with Crippen molar-refractivity contribution < 1.29 is 9.18 Å². The predicted octanol–water partition coefficient (Wildman–Crippen LogP) is 1.79. The standard InChI is InChI=1S/C14H15FN4O/c1-10-7-11(2)19(18-10)9-14(20)17-16-8-12-5-3-4-6-13(12)15/h3-8H,9H2,1-2H3,(H,17,20). The average molecular weight is 274 g/mol. The Bertz CT molecular complexity index is 648. The number of carbonyl (C=O) groups excluding carboxylic acids is 1. The molecule has 0 fully saturated rings. The Hall–Kier alpha value is -2.50. The molecule has 1 heterocycles. The van der Waals surface area contributed by atoms with Gasteiger partial charge in [0, 0.05) is 11.3 Å². The maximum absolute atomic E-state index is 13.3. The Morgan fingerprint density at radius 1 is 1.45 bits per heavy atom.